The van der Waals surface area contributed by atoms with E-state index in [1.807, 2.05) is 0 Å². The predicted octanol–water partition coefficient (Wildman–Crippen LogP) is 2.77. The summed E-state index contributed by atoms with van der Waals surface area (Å²) in [7, 11) is 0. The first-order valence-electron chi connectivity index (χ1n) is 5.44. The lowest BCUT2D eigenvalue weighted by atomic mass is 10.00. The van der Waals surface area contributed by atoms with Gasteiger partial charge in [-0.25, -0.2) is 4.39 Å². The Morgan fingerprint density at radius 3 is 2.18 bits per heavy atom. The molecular weight excluding hydrogens is 217 g/mol. The van der Waals surface area contributed by atoms with Gasteiger partial charge in [-0.05, 0) is 41.8 Å². The normalized spacial score (nSPS) is 12.4. The molecule has 0 aromatic heterocycles. The van der Waals surface area contributed by atoms with Gasteiger partial charge in [0.1, 0.15) is 11.6 Å². The van der Waals surface area contributed by atoms with Crippen molar-refractivity contribution in [1.29, 1.82) is 0 Å². The lowest BCUT2D eigenvalue weighted by molar-refractivity contribution is 0.475. The number of aromatic hydroxyl groups is 1. The van der Waals surface area contributed by atoms with Gasteiger partial charge >= 0.3 is 0 Å². The van der Waals surface area contributed by atoms with E-state index in [-0.39, 0.29) is 17.6 Å². The van der Waals surface area contributed by atoms with Crippen LogP contribution in [0.25, 0.3) is 0 Å². The molecule has 1 unspecified atom stereocenters. The molecule has 2 aromatic rings. The van der Waals surface area contributed by atoms with Crippen LogP contribution in [-0.2, 0) is 6.42 Å². The van der Waals surface area contributed by atoms with Crippen LogP contribution >= 0.6 is 0 Å². The molecule has 0 bridgehead atoms. The Morgan fingerprint density at radius 2 is 1.59 bits per heavy atom. The summed E-state index contributed by atoms with van der Waals surface area (Å²) in [6.07, 6.45) is 0.644. The second-order valence-corrected chi connectivity index (χ2v) is 4.03. The minimum absolute atomic E-state index is 0.152. The van der Waals surface area contributed by atoms with Crippen LogP contribution in [0.3, 0.4) is 0 Å². The first-order chi connectivity index (χ1) is 8.15. The largest absolute Gasteiger partial charge is 0.508 e. The first kappa shape index (κ1) is 11.6. The van der Waals surface area contributed by atoms with Crippen molar-refractivity contribution in [2.75, 3.05) is 0 Å². The van der Waals surface area contributed by atoms with Crippen molar-refractivity contribution in [3.63, 3.8) is 0 Å². The summed E-state index contributed by atoms with van der Waals surface area (Å²) in [5.41, 5.74) is 7.98. The van der Waals surface area contributed by atoms with Gasteiger partial charge in [-0.15, -0.1) is 0 Å². The quantitative estimate of drug-likeness (QED) is 0.853. The minimum Gasteiger partial charge on any atom is -0.508 e. The van der Waals surface area contributed by atoms with Crippen LogP contribution in [0, 0.1) is 5.82 Å². The van der Waals surface area contributed by atoms with E-state index in [9.17, 15) is 9.50 Å². The second kappa shape index (κ2) is 4.97. The number of benzene rings is 2. The van der Waals surface area contributed by atoms with E-state index in [1.165, 1.54) is 12.1 Å². The average Bonchev–Trinajstić information content (AvgIpc) is 2.33. The van der Waals surface area contributed by atoms with Gasteiger partial charge < -0.3 is 10.8 Å². The molecule has 88 valence electrons. The van der Waals surface area contributed by atoms with Gasteiger partial charge in [0, 0.05) is 6.04 Å². The molecule has 2 nitrogen and oxygen atoms in total. The maximum absolute atomic E-state index is 12.7. The third-order valence-corrected chi connectivity index (χ3v) is 2.69. The Morgan fingerprint density at radius 1 is 1.00 bits per heavy atom. The van der Waals surface area contributed by atoms with E-state index in [1.54, 1.807) is 36.4 Å². The van der Waals surface area contributed by atoms with Gasteiger partial charge in [-0.3, -0.25) is 0 Å². The molecule has 0 amide bonds. The third kappa shape index (κ3) is 3.04. The van der Waals surface area contributed by atoms with Crippen molar-refractivity contribution in [3.05, 3.63) is 65.5 Å². The maximum Gasteiger partial charge on any atom is 0.123 e. The number of rotatable bonds is 3. The molecule has 17 heavy (non-hydrogen) atoms. The Labute approximate surface area is 99.5 Å². The highest BCUT2D eigenvalue weighted by Crippen LogP contribution is 2.18. The van der Waals surface area contributed by atoms with E-state index >= 15 is 0 Å². The molecule has 0 heterocycles. The highest BCUT2D eigenvalue weighted by molar-refractivity contribution is 5.29. The molecule has 0 saturated heterocycles. The molecular formula is C14H14FNO. The number of phenolic OH excluding ortho intramolecular Hbond substituents is 1. The SMILES string of the molecule is NC(Cc1ccc(F)cc1)c1ccc(O)cc1. The highest BCUT2D eigenvalue weighted by atomic mass is 19.1. The second-order valence-electron chi connectivity index (χ2n) is 4.03. The molecule has 3 N–H and O–H groups in total. The van der Waals surface area contributed by atoms with Crippen molar-refractivity contribution in [2.45, 2.75) is 12.5 Å². The number of hydrogen-bond acceptors (Lipinski definition) is 2. The summed E-state index contributed by atoms with van der Waals surface area (Å²) in [5, 5.41) is 9.18. The molecule has 2 aromatic carbocycles. The zero-order valence-corrected chi connectivity index (χ0v) is 9.31. The van der Waals surface area contributed by atoms with Crippen LogP contribution in [0.5, 0.6) is 5.75 Å². The summed E-state index contributed by atoms with van der Waals surface area (Å²) < 4.78 is 12.7. The standard InChI is InChI=1S/C14H14FNO/c15-12-5-1-10(2-6-12)9-14(16)11-3-7-13(17)8-4-11/h1-8,14,17H,9,16H2. The molecule has 0 fully saturated rings. The maximum atomic E-state index is 12.7. The number of hydrogen-bond donors (Lipinski definition) is 2. The van der Waals surface area contributed by atoms with E-state index < -0.39 is 0 Å². The van der Waals surface area contributed by atoms with Crippen LogP contribution in [0.15, 0.2) is 48.5 Å². The third-order valence-electron chi connectivity index (χ3n) is 2.69. The van der Waals surface area contributed by atoms with Crippen LogP contribution in [0.2, 0.25) is 0 Å². The average molecular weight is 231 g/mol. The van der Waals surface area contributed by atoms with Crippen LogP contribution in [0.4, 0.5) is 4.39 Å². The monoisotopic (exact) mass is 231 g/mol. The van der Waals surface area contributed by atoms with Crippen molar-refractivity contribution >= 4 is 0 Å². The summed E-state index contributed by atoms with van der Waals surface area (Å²) in [6, 6.07) is 13.0. The molecule has 0 aliphatic heterocycles. The van der Waals surface area contributed by atoms with Gasteiger partial charge in [0.25, 0.3) is 0 Å². The minimum atomic E-state index is -0.244. The van der Waals surface area contributed by atoms with Crippen LogP contribution < -0.4 is 5.73 Å². The molecule has 0 aliphatic carbocycles. The molecule has 0 aliphatic rings. The van der Waals surface area contributed by atoms with E-state index in [4.69, 9.17) is 5.73 Å². The van der Waals surface area contributed by atoms with Gasteiger partial charge in [-0.2, -0.15) is 0 Å². The summed E-state index contributed by atoms with van der Waals surface area (Å²) >= 11 is 0. The molecule has 0 spiro atoms. The molecule has 1 atom stereocenters. The summed E-state index contributed by atoms with van der Waals surface area (Å²) in [4.78, 5) is 0. The Hall–Kier alpha value is -1.87. The predicted molar refractivity (Wildman–Crippen MR) is 65.1 cm³/mol. The number of nitrogens with two attached hydrogens (primary N) is 1. The van der Waals surface area contributed by atoms with Crippen molar-refractivity contribution < 1.29 is 9.50 Å². The topological polar surface area (TPSA) is 46.2 Å². The highest BCUT2D eigenvalue weighted by Gasteiger charge is 2.07. The fourth-order valence-electron chi connectivity index (χ4n) is 1.71. The number of halogens is 1. The fourth-order valence-corrected chi connectivity index (χ4v) is 1.71. The lowest BCUT2D eigenvalue weighted by Crippen LogP contribution is -2.13. The Bertz CT molecular complexity index is 479. The summed E-state index contributed by atoms with van der Waals surface area (Å²) in [6.45, 7) is 0. The molecule has 0 saturated carbocycles. The Balaban J connectivity index is 2.08. The molecule has 0 radical (unpaired) electrons. The zero-order chi connectivity index (χ0) is 12.3. The number of phenols is 1. The van der Waals surface area contributed by atoms with Crippen LogP contribution in [0.1, 0.15) is 17.2 Å². The smallest absolute Gasteiger partial charge is 0.123 e. The van der Waals surface area contributed by atoms with Gasteiger partial charge in [0.05, 0.1) is 0 Å². The molecule has 2 rings (SSSR count). The van der Waals surface area contributed by atoms with E-state index in [2.05, 4.69) is 0 Å². The van der Waals surface area contributed by atoms with Gasteiger partial charge in [0.2, 0.25) is 0 Å². The van der Waals surface area contributed by atoms with Gasteiger partial charge in [-0.1, -0.05) is 24.3 Å². The van der Waals surface area contributed by atoms with Crippen molar-refractivity contribution in [1.82, 2.24) is 0 Å². The van der Waals surface area contributed by atoms with Gasteiger partial charge in [0.15, 0.2) is 0 Å². The van der Waals surface area contributed by atoms with Crippen molar-refractivity contribution in [2.24, 2.45) is 5.73 Å². The Kier molecular flexibility index (Phi) is 3.40. The molecule has 3 heteroatoms. The summed E-state index contributed by atoms with van der Waals surface area (Å²) in [5.74, 6) is -0.0188. The zero-order valence-electron chi connectivity index (χ0n) is 9.31. The first-order valence-corrected chi connectivity index (χ1v) is 5.44. The van der Waals surface area contributed by atoms with E-state index in [0.29, 0.717) is 6.42 Å². The van der Waals surface area contributed by atoms with E-state index in [0.717, 1.165) is 11.1 Å². The fraction of sp³-hybridized carbons (Fsp3) is 0.143. The van der Waals surface area contributed by atoms with Crippen molar-refractivity contribution in [3.8, 4) is 5.75 Å². The lowest BCUT2D eigenvalue weighted by Gasteiger charge is -2.12. The van der Waals surface area contributed by atoms with Crippen LogP contribution in [-0.4, -0.2) is 5.11 Å².